The van der Waals surface area contributed by atoms with Crippen molar-refractivity contribution >= 4 is 6.03 Å². The topological polar surface area (TPSA) is 72.3 Å². The molecule has 1 N–H and O–H groups in total. The zero-order chi connectivity index (χ0) is 16.8. The molecule has 0 bridgehead atoms. The number of aryl methyl sites for hydroxylation is 1. The van der Waals surface area contributed by atoms with Crippen molar-refractivity contribution in [2.75, 3.05) is 20.2 Å². The largest absolute Gasteiger partial charge is 0.497 e. The number of benzene rings is 1. The second kappa shape index (κ2) is 7.81. The number of carbonyl (C=O) groups is 1. The Hall–Kier alpha value is -2.57. The monoisotopic (exact) mass is 329 g/mol. The van der Waals surface area contributed by atoms with Crippen LogP contribution in [-0.4, -0.2) is 45.9 Å². The highest BCUT2D eigenvalue weighted by Crippen LogP contribution is 2.32. The van der Waals surface area contributed by atoms with E-state index in [-0.39, 0.29) is 12.1 Å². The van der Waals surface area contributed by atoms with E-state index in [1.165, 1.54) is 6.33 Å². The average Bonchev–Trinajstić information content (AvgIpc) is 3.30. The summed E-state index contributed by atoms with van der Waals surface area (Å²) in [6, 6.07) is 8.13. The van der Waals surface area contributed by atoms with E-state index in [1.807, 2.05) is 29.2 Å². The average molecular weight is 329 g/mol. The summed E-state index contributed by atoms with van der Waals surface area (Å²) in [6.45, 7) is 2.18. The highest BCUT2D eigenvalue weighted by Gasteiger charge is 2.29. The van der Waals surface area contributed by atoms with Gasteiger partial charge in [0.05, 0.1) is 13.2 Å². The van der Waals surface area contributed by atoms with Crippen LogP contribution >= 0.6 is 0 Å². The molecule has 1 fully saturated rings. The van der Waals surface area contributed by atoms with Gasteiger partial charge in [-0.2, -0.15) is 5.10 Å². The molecule has 0 aliphatic carbocycles. The Morgan fingerprint density at radius 2 is 2.21 bits per heavy atom. The van der Waals surface area contributed by atoms with Crippen LogP contribution in [0.3, 0.4) is 0 Å². The Kier molecular flexibility index (Phi) is 5.30. The highest BCUT2D eigenvalue weighted by molar-refractivity contribution is 5.75. The molecule has 2 amide bonds. The van der Waals surface area contributed by atoms with Gasteiger partial charge in [0.1, 0.15) is 18.4 Å². The molecule has 0 unspecified atom stereocenters. The summed E-state index contributed by atoms with van der Waals surface area (Å²) >= 11 is 0. The van der Waals surface area contributed by atoms with Crippen LogP contribution < -0.4 is 10.1 Å². The molecule has 7 heteroatoms. The number of nitrogens with zero attached hydrogens (tertiary/aromatic N) is 4. The molecular weight excluding hydrogens is 306 g/mol. The van der Waals surface area contributed by atoms with Crippen molar-refractivity contribution in [1.82, 2.24) is 25.0 Å². The van der Waals surface area contributed by atoms with Crippen LogP contribution in [0.5, 0.6) is 5.75 Å². The number of hydrogen-bond donors (Lipinski definition) is 1. The SMILES string of the molecule is COc1ccc([C@H]2CCCN2C(=O)NCCCn2cncn2)cc1. The van der Waals surface area contributed by atoms with Gasteiger partial charge in [-0.3, -0.25) is 4.68 Å². The van der Waals surface area contributed by atoms with Crippen molar-refractivity contribution in [3.05, 3.63) is 42.5 Å². The van der Waals surface area contributed by atoms with Gasteiger partial charge in [-0.15, -0.1) is 0 Å². The first-order valence-electron chi connectivity index (χ1n) is 8.29. The van der Waals surface area contributed by atoms with E-state index in [0.29, 0.717) is 6.54 Å². The Labute approximate surface area is 141 Å². The molecule has 24 heavy (non-hydrogen) atoms. The number of carbonyl (C=O) groups excluding carboxylic acids is 1. The van der Waals surface area contributed by atoms with Gasteiger partial charge in [0.25, 0.3) is 0 Å². The van der Waals surface area contributed by atoms with Crippen molar-refractivity contribution in [2.45, 2.75) is 31.8 Å². The van der Waals surface area contributed by atoms with E-state index in [4.69, 9.17) is 4.74 Å². The standard InChI is InChI=1S/C17H23N5O2/c1-24-15-7-5-14(6-8-15)16-4-2-11-22(16)17(23)19-9-3-10-21-13-18-12-20-21/h5-8,12-13,16H,2-4,9-11H2,1H3,(H,19,23)/t16-/m1/s1. The number of nitrogens with one attached hydrogen (secondary N) is 1. The number of methoxy groups -OCH3 is 1. The summed E-state index contributed by atoms with van der Waals surface area (Å²) in [5.41, 5.74) is 1.16. The molecule has 0 radical (unpaired) electrons. The maximum atomic E-state index is 12.5. The van der Waals surface area contributed by atoms with E-state index in [1.54, 1.807) is 18.1 Å². The molecule has 2 heterocycles. The molecular formula is C17H23N5O2. The molecule has 1 aromatic heterocycles. The fourth-order valence-electron chi connectivity index (χ4n) is 3.07. The van der Waals surface area contributed by atoms with Gasteiger partial charge in [0, 0.05) is 19.6 Å². The number of hydrogen-bond acceptors (Lipinski definition) is 4. The second-order valence-electron chi connectivity index (χ2n) is 5.87. The fraction of sp³-hybridized carbons (Fsp3) is 0.471. The van der Waals surface area contributed by atoms with Gasteiger partial charge in [-0.05, 0) is 37.0 Å². The molecule has 0 saturated carbocycles. The van der Waals surface area contributed by atoms with Crippen LogP contribution in [0.4, 0.5) is 4.79 Å². The molecule has 1 aliphatic heterocycles. The Morgan fingerprint density at radius 3 is 2.92 bits per heavy atom. The first kappa shape index (κ1) is 16.3. The minimum atomic E-state index is 0.00640. The summed E-state index contributed by atoms with van der Waals surface area (Å²) in [5, 5.41) is 7.06. The smallest absolute Gasteiger partial charge is 0.317 e. The first-order valence-corrected chi connectivity index (χ1v) is 8.29. The maximum Gasteiger partial charge on any atom is 0.317 e. The normalized spacial score (nSPS) is 17.0. The van der Waals surface area contributed by atoms with Crippen LogP contribution in [0.25, 0.3) is 0 Å². The van der Waals surface area contributed by atoms with Crippen molar-refractivity contribution in [2.24, 2.45) is 0 Å². The zero-order valence-electron chi connectivity index (χ0n) is 13.9. The fourth-order valence-corrected chi connectivity index (χ4v) is 3.07. The summed E-state index contributed by atoms with van der Waals surface area (Å²) in [5.74, 6) is 0.834. The quantitative estimate of drug-likeness (QED) is 0.825. The number of urea groups is 1. The number of amides is 2. The summed E-state index contributed by atoms with van der Waals surface area (Å²) < 4.78 is 6.96. The molecule has 2 aromatic rings. The molecule has 3 rings (SSSR count). The lowest BCUT2D eigenvalue weighted by molar-refractivity contribution is 0.192. The number of likely N-dealkylation sites (tertiary alicyclic amines) is 1. The third kappa shape index (κ3) is 3.84. The van der Waals surface area contributed by atoms with Crippen LogP contribution in [-0.2, 0) is 6.54 Å². The Bertz CT molecular complexity index is 642. The Morgan fingerprint density at radius 1 is 1.38 bits per heavy atom. The van der Waals surface area contributed by atoms with Gasteiger partial charge < -0.3 is 15.0 Å². The molecule has 1 atom stereocenters. The Balaban J connectivity index is 1.51. The molecule has 128 valence electrons. The molecule has 0 spiro atoms. The van der Waals surface area contributed by atoms with E-state index >= 15 is 0 Å². The second-order valence-corrected chi connectivity index (χ2v) is 5.87. The van der Waals surface area contributed by atoms with Crippen molar-refractivity contribution < 1.29 is 9.53 Å². The summed E-state index contributed by atoms with van der Waals surface area (Å²) in [6.07, 6.45) is 6.06. The number of rotatable bonds is 6. The maximum absolute atomic E-state index is 12.5. The molecule has 1 aromatic carbocycles. The van der Waals surface area contributed by atoms with Gasteiger partial charge in [0.15, 0.2) is 0 Å². The van der Waals surface area contributed by atoms with Crippen LogP contribution in [0.15, 0.2) is 36.9 Å². The van der Waals surface area contributed by atoms with Crippen LogP contribution in [0.1, 0.15) is 30.9 Å². The van der Waals surface area contributed by atoms with Gasteiger partial charge in [-0.25, -0.2) is 9.78 Å². The van der Waals surface area contributed by atoms with E-state index in [9.17, 15) is 4.79 Å². The van der Waals surface area contributed by atoms with Gasteiger partial charge >= 0.3 is 6.03 Å². The van der Waals surface area contributed by atoms with Crippen LogP contribution in [0, 0.1) is 0 Å². The van der Waals surface area contributed by atoms with Crippen molar-refractivity contribution in [3.8, 4) is 5.75 Å². The molecule has 1 saturated heterocycles. The third-order valence-corrected chi connectivity index (χ3v) is 4.32. The van der Waals surface area contributed by atoms with E-state index < -0.39 is 0 Å². The summed E-state index contributed by atoms with van der Waals surface area (Å²) in [7, 11) is 1.66. The molecule has 7 nitrogen and oxygen atoms in total. The minimum absolute atomic E-state index is 0.00640. The third-order valence-electron chi connectivity index (χ3n) is 4.32. The van der Waals surface area contributed by atoms with Crippen molar-refractivity contribution in [3.63, 3.8) is 0 Å². The van der Waals surface area contributed by atoms with E-state index in [2.05, 4.69) is 15.4 Å². The number of ether oxygens (including phenoxy) is 1. The number of aromatic nitrogens is 3. The minimum Gasteiger partial charge on any atom is -0.497 e. The van der Waals surface area contributed by atoms with Gasteiger partial charge in [-0.1, -0.05) is 12.1 Å². The first-order chi connectivity index (χ1) is 11.8. The van der Waals surface area contributed by atoms with Crippen LogP contribution in [0.2, 0.25) is 0 Å². The highest BCUT2D eigenvalue weighted by atomic mass is 16.5. The predicted molar refractivity (Wildman–Crippen MR) is 89.7 cm³/mol. The van der Waals surface area contributed by atoms with Crippen molar-refractivity contribution in [1.29, 1.82) is 0 Å². The molecule has 1 aliphatic rings. The summed E-state index contributed by atoms with van der Waals surface area (Å²) in [4.78, 5) is 18.3. The predicted octanol–water partition coefficient (Wildman–Crippen LogP) is 2.22. The lowest BCUT2D eigenvalue weighted by atomic mass is 10.0. The lowest BCUT2D eigenvalue weighted by Gasteiger charge is -2.25. The zero-order valence-corrected chi connectivity index (χ0v) is 13.9. The lowest BCUT2D eigenvalue weighted by Crippen LogP contribution is -2.40. The van der Waals surface area contributed by atoms with Gasteiger partial charge in [0.2, 0.25) is 0 Å². The van der Waals surface area contributed by atoms with E-state index in [0.717, 1.165) is 43.7 Å².